The number of rotatable bonds is 10. The average molecular weight is 322 g/mol. The quantitative estimate of drug-likeness (QED) is 0.641. The number of carbonyl (C=O) groups excluding carboxylic acids is 1. The van der Waals surface area contributed by atoms with E-state index in [2.05, 4.69) is 5.32 Å². The van der Waals surface area contributed by atoms with E-state index in [9.17, 15) is 9.59 Å². The summed E-state index contributed by atoms with van der Waals surface area (Å²) in [5, 5.41) is 11.7. The molecule has 0 heterocycles. The van der Waals surface area contributed by atoms with Gasteiger partial charge in [-0.2, -0.15) is 0 Å². The highest BCUT2D eigenvalue weighted by molar-refractivity contribution is 5.82. The second-order valence-corrected chi connectivity index (χ2v) is 5.50. The fraction of sp³-hybridized carbons (Fsp3) is 0.529. The number of hydrogen-bond donors (Lipinski definition) is 2. The Balaban J connectivity index is 2.37. The van der Waals surface area contributed by atoms with E-state index in [4.69, 9.17) is 9.84 Å². The van der Waals surface area contributed by atoms with Crippen LogP contribution in [0.4, 0.5) is 0 Å². The van der Waals surface area contributed by atoms with Gasteiger partial charge in [-0.3, -0.25) is 14.5 Å². The van der Waals surface area contributed by atoms with Crippen molar-refractivity contribution in [3.63, 3.8) is 0 Å². The number of carbonyl (C=O) groups is 2. The number of benzene rings is 1. The van der Waals surface area contributed by atoms with Crippen molar-refractivity contribution in [2.45, 2.75) is 33.2 Å². The molecule has 1 rings (SSSR count). The first-order chi connectivity index (χ1) is 10.9. The Kier molecular flexibility index (Phi) is 8.11. The zero-order valence-electron chi connectivity index (χ0n) is 14.0. The molecule has 1 amide bonds. The molecule has 2 N–H and O–H groups in total. The van der Waals surface area contributed by atoms with Gasteiger partial charge in [0.25, 0.3) is 0 Å². The number of ether oxygens (including phenoxy) is 1. The fourth-order valence-electron chi connectivity index (χ4n) is 2.23. The van der Waals surface area contributed by atoms with Gasteiger partial charge in [0, 0.05) is 0 Å². The first-order valence-electron chi connectivity index (χ1n) is 7.87. The summed E-state index contributed by atoms with van der Waals surface area (Å²) in [6, 6.07) is 7.22. The standard InChI is InChI=1S/C17H26N2O4/c1-4-9-19(12-16(20)21)14(3)17(22)18-8-10-23-15-7-5-6-13(2)11-15/h5-7,11,14H,4,8-10,12H2,1-3H3,(H,18,22)(H,20,21). The molecular formula is C17H26N2O4. The van der Waals surface area contributed by atoms with Crippen molar-refractivity contribution >= 4 is 11.9 Å². The van der Waals surface area contributed by atoms with Crippen LogP contribution in [0.25, 0.3) is 0 Å². The van der Waals surface area contributed by atoms with Gasteiger partial charge in [-0.25, -0.2) is 0 Å². The molecule has 0 aliphatic heterocycles. The van der Waals surface area contributed by atoms with Gasteiger partial charge in [0.15, 0.2) is 0 Å². The molecule has 0 spiro atoms. The lowest BCUT2D eigenvalue weighted by Gasteiger charge is -2.26. The summed E-state index contributed by atoms with van der Waals surface area (Å²) < 4.78 is 5.57. The van der Waals surface area contributed by atoms with Gasteiger partial charge >= 0.3 is 5.97 Å². The predicted molar refractivity (Wildman–Crippen MR) is 88.6 cm³/mol. The second-order valence-electron chi connectivity index (χ2n) is 5.50. The Labute approximate surface area is 137 Å². The summed E-state index contributed by atoms with van der Waals surface area (Å²) in [6.45, 7) is 6.84. The molecule has 0 bridgehead atoms. The molecule has 1 atom stereocenters. The fourth-order valence-corrected chi connectivity index (χ4v) is 2.23. The smallest absolute Gasteiger partial charge is 0.317 e. The van der Waals surface area contributed by atoms with Crippen molar-refractivity contribution < 1.29 is 19.4 Å². The minimum absolute atomic E-state index is 0.137. The van der Waals surface area contributed by atoms with Gasteiger partial charge in [0.2, 0.25) is 5.91 Å². The minimum Gasteiger partial charge on any atom is -0.492 e. The molecule has 0 aliphatic rings. The van der Waals surface area contributed by atoms with Crippen molar-refractivity contribution in [1.82, 2.24) is 10.2 Å². The molecule has 1 aromatic carbocycles. The van der Waals surface area contributed by atoms with Crippen molar-refractivity contribution in [3.8, 4) is 5.75 Å². The van der Waals surface area contributed by atoms with E-state index >= 15 is 0 Å². The van der Waals surface area contributed by atoms with E-state index in [0.29, 0.717) is 19.7 Å². The molecule has 23 heavy (non-hydrogen) atoms. The number of hydrogen-bond acceptors (Lipinski definition) is 4. The molecule has 0 saturated carbocycles. The van der Waals surface area contributed by atoms with Gasteiger partial charge in [0.05, 0.1) is 19.1 Å². The number of aliphatic carboxylic acids is 1. The molecule has 0 saturated heterocycles. The minimum atomic E-state index is -0.930. The van der Waals surface area contributed by atoms with Crippen LogP contribution in [-0.2, 0) is 9.59 Å². The number of aryl methyl sites for hydroxylation is 1. The lowest BCUT2D eigenvalue weighted by molar-refractivity contribution is -0.139. The van der Waals surface area contributed by atoms with E-state index in [0.717, 1.165) is 17.7 Å². The van der Waals surface area contributed by atoms with E-state index in [-0.39, 0.29) is 12.5 Å². The Morgan fingerprint density at radius 1 is 1.39 bits per heavy atom. The van der Waals surface area contributed by atoms with Gasteiger partial charge in [-0.1, -0.05) is 19.1 Å². The van der Waals surface area contributed by atoms with Crippen LogP contribution in [0, 0.1) is 6.92 Å². The van der Waals surface area contributed by atoms with Crippen molar-refractivity contribution in [2.75, 3.05) is 26.2 Å². The number of nitrogens with one attached hydrogen (secondary N) is 1. The van der Waals surface area contributed by atoms with E-state index in [1.807, 2.05) is 38.1 Å². The zero-order valence-corrected chi connectivity index (χ0v) is 14.0. The van der Waals surface area contributed by atoms with Gasteiger partial charge in [-0.05, 0) is 44.5 Å². The number of nitrogens with zero attached hydrogens (tertiary/aromatic N) is 1. The summed E-state index contributed by atoms with van der Waals surface area (Å²) >= 11 is 0. The van der Waals surface area contributed by atoms with Crippen molar-refractivity contribution in [2.24, 2.45) is 0 Å². The van der Waals surface area contributed by atoms with Crippen LogP contribution < -0.4 is 10.1 Å². The van der Waals surface area contributed by atoms with Crippen LogP contribution in [0.15, 0.2) is 24.3 Å². The lowest BCUT2D eigenvalue weighted by Crippen LogP contribution is -2.48. The van der Waals surface area contributed by atoms with Gasteiger partial charge in [0.1, 0.15) is 12.4 Å². The van der Waals surface area contributed by atoms with Gasteiger partial charge < -0.3 is 15.2 Å². The number of amides is 1. The second kappa shape index (κ2) is 9.84. The first kappa shape index (κ1) is 19.0. The highest BCUT2D eigenvalue weighted by Crippen LogP contribution is 2.11. The maximum atomic E-state index is 12.1. The topological polar surface area (TPSA) is 78.9 Å². The summed E-state index contributed by atoms with van der Waals surface area (Å²) in [6.07, 6.45) is 0.793. The highest BCUT2D eigenvalue weighted by atomic mass is 16.5. The van der Waals surface area contributed by atoms with Crippen LogP contribution in [0.1, 0.15) is 25.8 Å². The Bertz CT molecular complexity index is 519. The van der Waals surface area contributed by atoms with Crippen LogP contribution in [0.3, 0.4) is 0 Å². The third-order valence-corrected chi connectivity index (χ3v) is 3.44. The van der Waals surface area contributed by atoms with Crippen molar-refractivity contribution in [3.05, 3.63) is 29.8 Å². The van der Waals surface area contributed by atoms with Gasteiger partial charge in [-0.15, -0.1) is 0 Å². The summed E-state index contributed by atoms with van der Waals surface area (Å²) in [7, 11) is 0. The van der Waals surface area contributed by atoms with Crippen LogP contribution in [0.2, 0.25) is 0 Å². The first-order valence-corrected chi connectivity index (χ1v) is 7.87. The summed E-state index contributed by atoms with van der Waals surface area (Å²) in [5.41, 5.74) is 1.11. The molecular weight excluding hydrogens is 296 g/mol. The summed E-state index contributed by atoms with van der Waals surface area (Å²) in [5.74, 6) is -0.348. The van der Waals surface area contributed by atoms with Crippen LogP contribution in [0.5, 0.6) is 5.75 Å². The number of carboxylic acid groups (broad SMARTS) is 1. The summed E-state index contributed by atoms with van der Waals surface area (Å²) in [4.78, 5) is 24.6. The van der Waals surface area contributed by atoms with Crippen LogP contribution in [-0.4, -0.2) is 54.2 Å². The van der Waals surface area contributed by atoms with E-state index in [1.54, 1.807) is 11.8 Å². The predicted octanol–water partition coefficient (Wildman–Crippen LogP) is 1.68. The molecule has 0 radical (unpaired) electrons. The molecule has 0 aliphatic carbocycles. The molecule has 0 aromatic heterocycles. The molecule has 1 unspecified atom stereocenters. The van der Waals surface area contributed by atoms with Crippen molar-refractivity contribution in [1.29, 1.82) is 0 Å². The maximum absolute atomic E-state index is 12.1. The Morgan fingerprint density at radius 3 is 2.74 bits per heavy atom. The average Bonchev–Trinajstić information content (AvgIpc) is 2.50. The molecule has 6 heteroatoms. The third-order valence-electron chi connectivity index (χ3n) is 3.44. The Hall–Kier alpha value is -2.08. The molecule has 0 fully saturated rings. The van der Waals surface area contributed by atoms with E-state index < -0.39 is 12.0 Å². The third kappa shape index (κ3) is 7.15. The maximum Gasteiger partial charge on any atom is 0.317 e. The van der Waals surface area contributed by atoms with Crippen LogP contribution >= 0.6 is 0 Å². The normalized spacial score (nSPS) is 12.0. The molecule has 128 valence electrons. The van der Waals surface area contributed by atoms with E-state index in [1.165, 1.54) is 0 Å². The highest BCUT2D eigenvalue weighted by Gasteiger charge is 2.22. The molecule has 6 nitrogen and oxygen atoms in total. The number of carboxylic acids is 1. The SMILES string of the molecule is CCCN(CC(=O)O)C(C)C(=O)NCCOc1cccc(C)c1. The Morgan fingerprint density at radius 2 is 2.13 bits per heavy atom. The molecule has 1 aromatic rings. The largest absolute Gasteiger partial charge is 0.492 e. The lowest BCUT2D eigenvalue weighted by atomic mass is 10.2. The monoisotopic (exact) mass is 322 g/mol. The zero-order chi connectivity index (χ0) is 17.2.